The van der Waals surface area contributed by atoms with Gasteiger partial charge in [-0.15, -0.1) is 0 Å². The first-order valence-corrected chi connectivity index (χ1v) is 6.20. The number of halogens is 1. The Hall–Kier alpha value is -1.33. The van der Waals surface area contributed by atoms with Crippen molar-refractivity contribution in [3.63, 3.8) is 0 Å². The molecule has 1 amide bonds. The van der Waals surface area contributed by atoms with E-state index in [0.29, 0.717) is 29.7 Å². The minimum absolute atomic E-state index is 0.0636. The van der Waals surface area contributed by atoms with E-state index in [4.69, 9.17) is 16.3 Å². The zero-order valence-electron chi connectivity index (χ0n) is 10.4. The van der Waals surface area contributed by atoms with Crippen molar-refractivity contribution in [1.82, 2.24) is 9.88 Å². The van der Waals surface area contributed by atoms with Crippen molar-refractivity contribution in [2.45, 2.75) is 12.5 Å². The summed E-state index contributed by atoms with van der Waals surface area (Å²) in [6, 6.07) is 3.42. The summed E-state index contributed by atoms with van der Waals surface area (Å²) in [6.07, 6.45) is 0.875. The predicted molar refractivity (Wildman–Crippen MR) is 70.1 cm³/mol. The highest BCUT2D eigenvalue weighted by Crippen LogP contribution is 2.18. The van der Waals surface area contributed by atoms with E-state index in [1.165, 1.54) is 0 Å². The summed E-state index contributed by atoms with van der Waals surface area (Å²) in [6.45, 7) is 1.31. The SMILES string of the molecule is CNc1cc(C(=O)N(C)C2CCOC2)cc(Cl)n1. The van der Waals surface area contributed by atoms with Crippen molar-refractivity contribution >= 4 is 23.3 Å². The molecule has 0 aliphatic carbocycles. The first kappa shape index (κ1) is 13.1. The van der Waals surface area contributed by atoms with E-state index in [1.54, 1.807) is 31.1 Å². The van der Waals surface area contributed by atoms with Crippen molar-refractivity contribution < 1.29 is 9.53 Å². The second-order valence-electron chi connectivity index (χ2n) is 4.25. The number of rotatable bonds is 3. The molecule has 1 aromatic heterocycles. The van der Waals surface area contributed by atoms with E-state index in [2.05, 4.69) is 10.3 Å². The number of carbonyl (C=O) groups excluding carboxylic acids is 1. The summed E-state index contributed by atoms with van der Waals surface area (Å²) in [7, 11) is 3.52. The van der Waals surface area contributed by atoms with Crippen LogP contribution in [0.2, 0.25) is 5.15 Å². The average molecular weight is 270 g/mol. The standard InChI is InChI=1S/C12H16ClN3O2/c1-14-11-6-8(5-10(13)15-11)12(17)16(2)9-3-4-18-7-9/h5-6,9H,3-4,7H2,1-2H3,(H,14,15). The van der Waals surface area contributed by atoms with E-state index in [0.717, 1.165) is 6.42 Å². The van der Waals surface area contributed by atoms with Crippen LogP contribution in [0, 0.1) is 0 Å². The number of aromatic nitrogens is 1. The van der Waals surface area contributed by atoms with Gasteiger partial charge in [0.15, 0.2) is 0 Å². The molecule has 2 rings (SSSR count). The Bertz CT molecular complexity index is 447. The topological polar surface area (TPSA) is 54.5 Å². The second kappa shape index (κ2) is 5.54. The zero-order chi connectivity index (χ0) is 13.1. The van der Waals surface area contributed by atoms with Gasteiger partial charge in [-0.1, -0.05) is 11.6 Å². The zero-order valence-corrected chi connectivity index (χ0v) is 11.2. The van der Waals surface area contributed by atoms with Crippen LogP contribution in [0.15, 0.2) is 12.1 Å². The third-order valence-electron chi connectivity index (χ3n) is 3.07. The molecule has 1 aliphatic heterocycles. The molecule has 2 heterocycles. The minimum atomic E-state index is -0.0636. The van der Waals surface area contributed by atoms with Crippen LogP contribution >= 0.6 is 11.6 Å². The Morgan fingerprint density at radius 3 is 3.00 bits per heavy atom. The van der Waals surface area contributed by atoms with Gasteiger partial charge in [0.1, 0.15) is 11.0 Å². The molecule has 0 bridgehead atoms. The summed E-state index contributed by atoms with van der Waals surface area (Å²) < 4.78 is 5.29. The van der Waals surface area contributed by atoms with Crippen molar-refractivity contribution in [3.05, 3.63) is 22.8 Å². The van der Waals surface area contributed by atoms with Gasteiger partial charge in [0, 0.05) is 26.3 Å². The lowest BCUT2D eigenvalue weighted by molar-refractivity contribution is 0.0711. The lowest BCUT2D eigenvalue weighted by Crippen LogP contribution is -2.37. The molecule has 1 N–H and O–H groups in total. The molecule has 5 nitrogen and oxygen atoms in total. The third kappa shape index (κ3) is 2.73. The van der Waals surface area contributed by atoms with Crippen LogP contribution in [0.5, 0.6) is 0 Å². The van der Waals surface area contributed by atoms with Crippen LogP contribution in [0.3, 0.4) is 0 Å². The van der Waals surface area contributed by atoms with Crippen LogP contribution in [0.1, 0.15) is 16.8 Å². The quantitative estimate of drug-likeness (QED) is 0.848. The Balaban J connectivity index is 2.19. The Labute approximate surface area is 111 Å². The van der Waals surface area contributed by atoms with Gasteiger partial charge in [-0.2, -0.15) is 0 Å². The van der Waals surface area contributed by atoms with Crippen LogP contribution in [0.4, 0.5) is 5.82 Å². The van der Waals surface area contributed by atoms with Crippen molar-refractivity contribution in [3.8, 4) is 0 Å². The largest absolute Gasteiger partial charge is 0.379 e. The summed E-state index contributed by atoms with van der Waals surface area (Å²) in [4.78, 5) is 18.1. The molecule has 1 fully saturated rings. The van der Waals surface area contributed by atoms with E-state index in [9.17, 15) is 4.79 Å². The smallest absolute Gasteiger partial charge is 0.254 e. The Kier molecular flexibility index (Phi) is 4.04. The van der Waals surface area contributed by atoms with Gasteiger partial charge in [0.05, 0.1) is 12.6 Å². The van der Waals surface area contributed by atoms with Gasteiger partial charge >= 0.3 is 0 Å². The van der Waals surface area contributed by atoms with Gasteiger partial charge in [-0.05, 0) is 18.6 Å². The fraction of sp³-hybridized carbons (Fsp3) is 0.500. The number of amides is 1. The van der Waals surface area contributed by atoms with Crippen LogP contribution < -0.4 is 5.32 Å². The van der Waals surface area contributed by atoms with Crippen LogP contribution in [-0.2, 0) is 4.74 Å². The molecule has 1 atom stereocenters. The van der Waals surface area contributed by atoms with E-state index in [1.807, 2.05) is 0 Å². The number of hydrogen-bond donors (Lipinski definition) is 1. The molecule has 0 spiro atoms. The summed E-state index contributed by atoms with van der Waals surface area (Å²) in [5, 5.41) is 3.19. The first-order chi connectivity index (χ1) is 8.61. The maximum Gasteiger partial charge on any atom is 0.254 e. The lowest BCUT2D eigenvalue weighted by Gasteiger charge is -2.23. The molecule has 0 aromatic carbocycles. The van der Waals surface area contributed by atoms with E-state index in [-0.39, 0.29) is 11.9 Å². The number of nitrogens with zero attached hydrogens (tertiary/aromatic N) is 2. The first-order valence-electron chi connectivity index (χ1n) is 5.82. The van der Waals surface area contributed by atoms with Gasteiger partial charge in [-0.25, -0.2) is 4.98 Å². The highest BCUT2D eigenvalue weighted by atomic mass is 35.5. The molecule has 18 heavy (non-hydrogen) atoms. The van der Waals surface area contributed by atoms with Crippen molar-refractivity contribution in [2.75, 3.05) is 32.6 Å². The molecule has 98 valence electrons. The highest BCUT2D eigenvalue weighted by molar-refractivity contribution is 6.29. The molecular formula is C12H16ClN3O2. The number of anilines is 1. The van der Waals surface area contributed by atoms with Crippen molar-refractivity contribution in [1.29, 1.82) is 0 Å². The van der Waals surface area contributed by atoms with Gasteiger partial charge in [0.25, 0.3) is 5.91 Å². The lowest BCUT2D eigenvalue weighted by atomic mass is 10.2. The van der Waals surface area contributed by atoms with E-state index >= 15 is 0 Å². The molecule has 1 unspecified atom stereocenters. The number of ether oxygens (including phenoxy) is 1. The van der Waals surface area contributed by atoms with Gasteiger partial charge in [-0.3, -0.25) is 4.79 Å². The molecule has 0 saturated carbocycles. The Morgan fingerprint density at radius 1 is 1.61 bits per heavy atom. The fourth-order valence-electron chi connectivity index (χ4n) is 1.95. The molecular weight excluding hydrogens is 254 g/mol. The van der Waals surface area contributed by atoms with Crippen LogP contribution in [0.25, 0.3) is 0 Å². The maximum atomic E-state index is 12.3. The molecule has 0 radical (unpaired) electrons. The molecule has 1 saturated heterocycles. The second-order valence-corrected chi connectivity index (χ2v) is 4.63. The normalized spacial score (nSPS) is 18.7. The fourth-order valence-corrected chi connectivity index (χ4v) is 2.15. The number of carbonyl (C=O) groups is 1. The number of hydrogen-bond acceptors (Lipinski definition) is 4. The third-order valence-corrected chi connectivity index (χ3v) is 3.26. The van der Waals surface area contributed by atoms with E-state index < -0.39 is 0 Å². The number of pyridine rings is 1. The summed E-state index contributed by atoms with van der Waals surface area (Å²) >= 11 is 5.89. The monoisotopic (exact) mass is 269 g/mol. The molecule has 6 heteroatoms. The summed E-state index contributed by atoms with van der Waals surface area (Å²) in [5.74, 6) is 0.522. The molecule has 1 aromatic rings. The average Bonchev–Trinajstić information content (AvgIpc) is 2.90. The van der Waals surface area contributed by atoms with Crippen LogP contribution in [-0.4, -0.2) is 49.1 Å². The predicted octanol–water partition coefficient (Wildman–Crippen LogP) is 1.64. The minimum Gasteiger partial charge on any atom is -0.379 e. The number of nitrogens with one attached hydrogen (secondary N) is 1. The van der Waals surface area contributed by atoms with Crippen molar-refractivity contribution in [2.24, 2.45) is 0 Å². The maximum absolute atomic E-state index is 12.3. The molecule has 1 aliphatic rings. The van der Waals surface area contributed by atoms with Gasteiger partial charge < -0.3 is 15.0 Å². The number of likely N-dealkylation sites (N-methyl/N-ethyl adjacent to an activating group) is 1. The highest BCUT2D eigenvalue weighted by Gasteiger charge is 2.25. The Morgan fingerprint density at radius 2 is 2.39 bits per heavy atom. The summed E-state index contributed by atoms with van der Waals surface area (Å²) in [5.41, 5.74) is 0.536. The van der Waals surface area contributed by atoms with Gasteiger partial charge in [0.2, 0.25) is 0 Å².